The van der Waals surface area contributed by atoms with E-state index >= 15 is 0 Å². The molecule has 0 bridgehead atoms. The van der Waals surface area contributed by atoms with Crippen molar-refractivity contribution in [2.45, 2.75) is 39.0 Å². The molecular weight excluding hydrogens is 449 g/mol. The maximum atomic E-state index is 13.1. The van der Waals surface area contributed by atoms with Gasteiger partial charge >= 0.3 is 6.36 Å². The summed E-state index contributed by atoms with van der Waals surface area (Å²) in [5, 5.41) is 13.4. The van der Waals surface area contributed by atoms with Crippen molar-refractivity contribution in [1.29, 1.82) is 0 Å². The average Bonchev–Trinajstić information content (AvgIpc) is 3.05. The Hall–Kier alpha value is -3.14. The predicted molar refractivity (Wildman–Crippen MR) is 121 cm³/mol. The highest BCUT2D eigenvalue weighted by Gasteiger charge is 2.33. The Labute approximate surface area is 195 Å². The van der Waals surface area contributed by atoms with Crippen LogP contribution in [-0.2, 0) is 4.74 Å². The first kappa shape index (κ1) is 24.0. The number of ether oxygens (including phenoxy) is 1. The second-order valence-electron chi connectivity index (χ2n) is 8.78. The fourth-order valence-electron chi connectivity index (χ4n) is 4.39. The van der Waals surface area contributed by atoms with Crippen molar-refractivity contribution in [2.24, 2.45) is 11.8 Å². The van der Waals surface area contributed by atoms with Crippen LogP contribution in [0.15, 0.2) is 48.1 Å². The summed E-state index contributed by atoms with van der Waals surface area (Å²) in [7, 11) is 0. The highest BCUT2D eigenvalue weighted by molar-refractivity contribution is 5.99. The molecule has 4 rings (SSSR count). The number of benzene rings is 1. The predicted octanol–water partition coefficient (Wildman–Crippen LogP) is 4.62. The number of rotatable bonds is 5. The molecule has 7 nitrogen and oxygen atoms in total. The molecule has 2 aromatic rings. The van der Waals surface area contributed by atoms with E-state index < -0.39 is 6.36 Å². The molecule has 1 amide bonds. The molecule has 2 aliphatic rings. The van der Waals surface area contributed by atoms with Gasteiger partial charge in [-0.1, -0.05) is 13.3 Å². The molecule has 1 aliphatic carbocycles. The molecule has 2 N–H and O–H groups in total. The number of hydrogen-bond donors (Lipinski definition) is 2. The Morgan fingerprint density at radius 1 is 1.26 bits per heavy atom. The summed E-state index contributed by atoms with van der Waals surface area (Å²) < 4.78 is 41.5. The fourth-order valence-corrected chi connectivity index (χ4v) is 4.39. The zero-order valence-electron chi connectivity index (χ0n) is 18.8. The molecule has 0 spiro atoms. The first-order valence-corrected chi connectivity index (χ1v) is 11.3. The molecule has 1 aromatic heterocycles. The van der Waals surface area contributed by atoms with E-state index in [4.69, 9.17) is 0 Å². The standard InChI is InChI=1S/C24H27F3N4O3/c1-15-10-18(34-24(25,26)27)6-8-20(15)30-22-19-7-5-17(11-21(19)28-14-29-22)23(33)31-9-3-2-4-16(12-31)13-32/h5-8,11,14-16,32H,2-4,9-10,12-13H2,1H3,(H,28,29,30). The maximum Gasteiger partial charge on any atom is 0.572 e. The third kappa shape index (κ3) is 5.67. The molecule has 1 aromatic carbocycles. The van der Waals surface area contributed by atoms with E-state index in [1.807, 2.05) is 0 Å². The number of carbonyl (C=O) groups excluding carboxylic acids is 1. The number of aliphatic hydroxyl groups is 1. The van der Waals surface area contributed by atoms with Gasteiger partial charge in [-0.2, -0.15) is 0 Å². The number of carbonyl (C=O) groups is 1. The Morgan fingerprint density at radius 3 is 2.82 bits per heavy atom. The van der Waals surface area contributed by atoms with E-state index in [1.165, 1.54) is 12.4 Å². The van der Waals surface area contributed by atoms with Gasteiger partial charge in [-0.25, -0.2) is 9.97 Å². The number of nitrogens with one attached hydrogen (secondary N) is 1. The summed E-state index contributed by atoms with van der Waals surface area (Å²) in [6, 6.07) is 5.22. The van der Waals surface area contributed by atoms with Crippen LogP contribution in [0.4, 0.5) is 19.0 Å². The number of halogens is 3. The van der Waals surface area contributed by atoms with E-state index in [0.717, 1.165) is 19.3 Å². The lowest BCUT2D eigenvalue weighted by Gasteiger charge is -2.24. The second-order valence-corrected chi connectivity index (χ2v) is 8.78. The van der Waals surface area contributed by atoms with Gasteiger partial charge < -0.3 is 20.1 Å². The van der Waals surface area contributed by atoms with Gasteiger partial charge in [-0.15, -0.1) is 13.2 Å². The first-order valence-electron chi connectivity index (χ1n) is 11.3. The minimum atomic E-state index is -4.71. The summed E-state index contributed by atoms with van der Waals surface area (Å²) in [5.74, 6) is 0.118. The molecule has 2 atom stereocenters. The van der Waals surface area contributed by atoms with E-state index in [0.29, 0.717) is 41.1 Å². The minimum Gasteiger partial charge on any atom is -0.410 e. The Balaban J connectivity index is 1.54. The minimum absolute atomic E-state index is 0.0665. The van der Waals surface area contributed by atoms with Crippen LogP contribution < -0.4 is 5.32 Å². The third-order valence-corrected chi connectivity index (χ3v) is 6.19. The highest BCUT2D eigenvalue weighted by atomic mass is 19.4. The summed E-state index contributed by atoms with van der Waals surface area (Å²) >= 11 is 0. The zero-order chi connectivity index (χ0) is 24.3. The number of fused-ring (bicyclic) bond motifs is 1. The molecule has 0 radical (unpaired) electrons. The van der Waals surface area contributed by atoms with Gasteiger partial charge in [0.05, 0.1) is 5.52 Å². The van der Waals surface area contributed by atoms with Crippen molar-refractivity contribution >= 4 is 22.6 Å². The molecule has 2 unspecified atom stereocenters. The number of nitrogens with zero attached hydrogens (tertiary/aromatic N) is 3. The number of alkyl halides is 3. The molecule has 10 heteroatoms. The van der Waals surface area contributed by atoms with Crippen LogP contribution >= 0.6 is 0 Å². The Bertz CT molecular complexity index is 1120. The van der Waals surface area contributed by atoms with Crippen LogP contribution in [0.5, 0.6) is 0 Å². The Morgan fingerprint density at radius 2 is 2.09 bits per heavy atom. The van der Waals surface area contributed by atoms with Crippen molar-refractivity contribution in [3.8, 4) is 0 Å². The molecule has 34 heavy (non-hydrogen) atoms. The molecule has 1 fully saturated rings. The smallest absolute Gasteiger partial charge is 0.410 e. The quantitative estimate of drug-likeness (QED) is 0.655. The normalized spacial score (nSPS) is 21.5. The van der Waals surface area contributed by atoms with E-state index in [2.05, 4.69) is 20.0 Å². The SMILES string of the molecule is CC1CC(OC(F)(F)F)=CC=C1Nc1ncnc2cc(C(=O)N3CCCCC(CO)C3)ccc12. The van der Waals surface area contributed by atoms with Crippen molar-refractivity contribution in [3.05, 3.63) is 53.7 Å². The summed E-state index contributed by atoms with van der Waals surface area (Å²) in [5.41, 5.74) is 1.80. The summed E-state index contributed by atoms with van der Waals surface area (Å²) in [6.07, 6.45) is 2.43. The highest BCUT2D eigenvalue weighted by Crippen LogP contribution is 2.32. The van der Waals surface area contributed by atoms with Crippen molar-refractivity contribution < 1.29 is 27.8 Å². The van der Waals surface area contributed by atoms with Crippen LogP contribution in [0.3, 0.4) is 0 Å². The zero-order valence-corrected chi connectivity index (χ0v) is 18.8. The first-order chi connectivity index (χ1) is 16.2. The topological polar surface area (TPSA) is 87.6 Å². The number of anilines is 1. The van der Waals surface area contributed by atoms with E-state index in [1.54, 1.807) is 36.1 Å². The molecule has 182 valence electrons. The van der Waals surface area contributed by atoms with Gasteiger partial charge in [-0.05, 0) is 49.1 Å². The van der Waals surface area contributed by atoms with Crippen LogP contribution in [0.2, 0.25) is 0 Å². The van der Waals surface area contributed by atoms with E-state index in [-0.39, 0.29) is 36.5 Å². The third-order valence-electron chi connectivity index (χ3n) is 6.19. The van der Waals surface area contributed by atoms with Crippen LogP contribution in [0.25, 0.3) is 10.9 Å². The molecule has 1 aliphatic heterocycles. The van der Waals surface area contributed by atoms with Crippen LogP contribution in [-0.4, -0.2) is 51.9 Å². The van der Waals surface area contributed by atoms with Crippen molar-refractivity contribution in [3.63, 3.8) is 0 Å². The summed E-state index contributed by atoms with van der Waals surface area (Å²) in [4.78, 5) is 23.5. The average molecular weight is 476 g/mol. The molecule has 0 saturated carbocycles. The van der Waals surface area contributed by atoms with Crippen LogP contribution in [0.1, 0.15) is 43.0 Å². The van der Waals surface area contributed by atoms with Crippen molar-refractivity contribution in [2.75, 3.05) is 25.0 Å². The molecule has 2 heterocycles. The Kier molecular flexibility index (Phi) is 7.06. The van der Waals surface area contributed by atoms with Gasteiger partial charge in [0.15, 0.2) is 0 Å². The van der Waals surface area contributed by atoms with Crippen LogP contribution in [0, 0.1) is 11.8 Å². The lowest BCUT2D eigenvalue weighted by atomic mass is 9.97. The van der Waals surface area contributed by atoms with E-state index in [9.17, 15) is 23.1 Å². The maximum absolute atomic E-state index is 13.1. The van der Waals surface area contributed by atoms with Gasteiger partial charge in [-0.3, -0.25) is 4.79 Å². The number of allylic oxidation sites excluding steroid dienone is 4. The fraction of sp³-hybridized carbons (Fsp3) is 0.458. The number of amides is 1. The lowest BCUT2D eigenvalue weighted by molar-refractivity contribution is -0.306. The molecule has 1 saturated heterocycles. The number of aromatic nitrogens is 2. The largest absolute Gasteiger partial charge is 0.572 e. The van der Waals surface area contributed by atoms with Gasteiger partial charge in [0, 0.05) is 48.7 Å². The van der Waals surface area contributed by atoms with Gasteiger partial charge in [0.1, 0.15) is 17.9 Å². The van der Waals surface area contributed by atoms with Crippen molar-refractivity contribution in [1.82, 2.24) is 14.9 Å². The summed E-state index contributed by atoms with van der Waals surface area (Å²) in [6.45, 7) is 3.05. The number of likely N-dealkylation sites (tertiary alicyclic amines) is 1. The van der Waals surface area contributed by atoms with Gasteiger partial charge in [0.25, 0.3) is 5.91 Å². The van der Waals surface area contributed by atoms with Gasteiger partial charge in [0.2, 0.25) is 0 Å². The number of hydrogen-bond acceptors (Lipinski definition) is 6. The second kappa shape index (κ2) is 10.0. The lowest BCUT2D eigenvalue weighted by Crippen LogP contribution is -2.35. The molecular formula is C24H27F3N4O3. The monoisotopic (exact) mass is 476 g/mol. The number of aliphatic hydroxyl groups excluding tert-OH is 1.